The summed E-state index contributed by atoms with van der Waals surface area (Å²) in [5.74, 6) is -0.298. The Hall–Kier alpha value is -4.11. The number of furan rings is 1. The smallest absolute Gasteiger partial charge is 0.305 e. The summed E-state index contributed by atoms with van der Waals surface area (Å²) >= 11 is 0. The zero-order valence-corrected chi connectivity index (χ0v) is 23.3. The van der Waals surface area contributed by atoms with Crippen molar-refractivity contribution in [1.29, 1.82) is 0 Å². The fraction of sp³-hybridized carbons (Fsp3) is 0.267. The van der Waals surface area contributed by atoms with Gasteiger partial charge in [-0.05, 0) is 31.9 Å². The zero-order valence-electron chi connectivity index (χ0n) is 22.5. The summed E-state index contributed by atoms with van der Waals surface area (Å²) in [4.78, 5) is 25.0. The Labute approximate surface area is 228 Å². The molecule has 0 saturated heterocycles. The van der Waals surface area contributed by atoms with Crippen LogP contribution in [0.1, 0.15) is 35.7 Å². The molecule has 39 heavy (non-hydrogen) atoms. The van der Waals surface area contributed by atoms with Crippen LogP contribution in [0.15, 0.2) is 71.1 Å². The molecule has 0 spiro atoms. The normalized spacial score (nSPS) is 11.4. The molecule has 1 aromatic heterocycles. The van der Waals surface area contributed by atoms with E-state index in [9.17, 15) is 18.0 Å². The second-order valence-corrected chi connectivity index (χ2v) is 11.1. The Balaban J connectivity index is 1.94. The van der Waals surface area contributed by atoms with E-state index in [1.807, 2.05) is 61.5 Å². The van der Waals surface area contributed by atoms with Crippen LogP contribution in [-0.4, -0.2) is 46.7 Å². The first-order valence-corrected chi connectivity index (χ1v) is 14.6. The number of hydrogen-bond donors (Lipinski definition) is 1. The Bertz CT molecular complexity index is 1590. The molecule has 0 atom stereocenters. The predicted octanol–water partition coefficient (Wildman–Crippen LogP) is 5.54. The third-order valence-corrected chi connectivity index (χ3v) is 7.56. The lowest BCUT2D eigenvalue weighted by Crippen LogP contribution is -2.31. The summed E-state index contributed by atoms with van der Waals surface area (Å²) in [5.41, 5.74) is 4.32. The van der Waals surface area contributed by atoms with Gasteiger partial charge in [0.2, 0.25) is 10.0 Å². The number of sulfonamides is 1. The molecule has 0 fully saturated rings. The quantitative estimate of drug-likeness (QED) is 0.261. The number of nitrogens with one attached hydrogen (secondary N) is 1. The minimum atomic E-state index is -3.75. The van der Waals surface area contributed by atoms with Gasteiger partial charge >= 0.3 is 5.97 Å². The SMILES string of the molecule is CCOC(=O)CCCN(c1cc2oc(-c3ccc(C)cc3)c(C(=O)NC)c2cc1-c1ccccc1)S(C)(=O)=O. The maximum Gasteiger partial charge on any atom is 0.305 e. The van der Waals surface area contributed by atoms with Crippen LogP contribution in [0.2, 0.25) is 0 Å². The fourth-order valence-electron chi connectivity index (χ4n) is 4.51. The van der Waals surface area contributed by atoms with Crippen molar-refractivity contribution in [1.82, 2.24) is 5.32 Å². The molecule has 4 aromatic rings. The number of carbonyl (C=O) groups is 2. The second-order valence-electron chi connectivity index (χ2n) is 9.23. The van der Waals surface area contributed by atoms with Gasteiger partial charge in [0.25, 0.3) is 5.91 Å². The van der Waals surface area contributed by atoms with E-state index in [1.54, 1.807) is 26.1 Å². The highest BCUT2D eigenvalue weighted by Gasteiger charge is 2.27. The van der Waals surface area contributed by atoms with Gasteiger partial charge in [0.05, 0.1) is 24.1 Å². The first kappa shape index (κ1) is 27.9. The first-order chi connectivity index (χ1) is 18.6. The molecule has 204 valence electrons. The van der Waals surface area contributed by atoms with E-state index in [0.717, 1.165) is 22.9 Å². The second kappa shape index (κ2) is 11.7. The van der Waals surface area contributed by atoms with Crippen molar-refractivity contribution in [3.05, 3.63) is 77.9 Å². The monoisotopic (exact) mass is 548 g/mol. The summed E-state index contributed by atoms with van der Waals surface area (Å²) in [5, 5.41) is 3.26. The third kappa shape index (κ3) is 6.15. The minimum absolute atomic E-state index is 0.0663. The number of ether oxygens (including phenoxy) is 1. The first-order valence-electron chi connectivity index (χ1n) is 12.7. The average molecular weight is 549 g/mol. The summed E-state index contributed by atoms with van der Waals surface area (Å²) in [6.07, 6.45) is 1.49. The van der Waals surface area contributed by atoms with E-state index in [0.29, 0.717) is 33.5 Å². The number of anilines is 1. The lowest BCUT2D eigenvalue weighted by molar-refractivity contribution is -0.143. The number of rotatable bonds is 10. The summed E-state index contributed by atoms with van der Waals surface area (Å²) < 4.78 is 38.6. The lowest BCUT2D eigenvalue weighted by Gasteiger charge is -2.25. The molecule has 3 aromatic carbocycles. The maximum absolute atomic E-state index is 13.1. The molecule has 1 amide bonds. The molecule has 4 rings (SSSR count). The molecule has 1 heterocycles. The van der Waals surface area contributed by atoms with E-state index >= 15 is 0 Å². The number of aryl methyl sites for hydroxylation is 1. The van der Waals surface area contributed by atoms with Crippen LogP contribution >= 0.6 is 0 Å². The highest BCUT2D eigenvalue weighted by molar-refractivity contribution is 7.92. The Morgan fingerprint density at radius 1 is 1.00 bits per heavy atom. The maximum atomic E-state index is 13.1. The third-order valence-electron chi connectivity index (χ3n) is 6.38. The van der Waals surface area contributed by atoms with Crippen LogP contribution in [0.4, 0.5) is 5.69 Å². The van der Waals surface area contributed by atoms with Gasteiger partial charge in [-0.25, -0.2) is 8.42 Å². The summed E-state index contributed by atoms with van der Waals surface area (Å²) in [7, 11) is -2.19. The van der Waals surface area contributed by atoms with E-state index in [2.05, 4.69) is 5.32 Å². The van der Waals surface area contributed by atoms with Gasteiger partial charge in [-0.3, -0.25) is 13.9 Å². The summed E-state index contributed by atoms with van der Waals surface area (Å²) in [6.45, 7) is 4.03. The number of fused-ring (bicyclic) bond motifs is 1. The van der Waals surface area contributed by atoms with E-state index in [4.69, 9.17) is 9.15 Å². The summed E-state index contributed by atoms with van der Waals surface area (Å²) in [6, 6.07) is 20.5. The Morgan fingerprint density at radius 2 is 1.69 bits per heavy atom. The van der Waals surface area contributed by atoms with Gasteiger partial charge in [0, 0.05) is 42.6 Å². The molecular formula is C30H32N2O6S. The molecule has 0 bridgehead atoms. The van der Waals surface area contributed by atoms with Gasteiger partial charge < -0.3 is 14.5 Å². The predicted molar refractivity (Wildman–Crippen MR) is 153 cm³/mol. The zero-order chi connectivity index (χ0) is 28.2. The standard InChI is InChI=1S/C30H32N2O6S/c1-5-37-27(33)12-9-17-32(39(4,35)36)25-19-26-24(18-23(25)21-10-7-6-8-11-21)28(30(34)31-3)29(38-26)22-15-13-20(2)14-16-22/h6-8,10-11,13-16,18-19H,5,9,12,17H2,1-4H3,(H,31,34). The molecule has 0 saturated carbocycles. The van der Waals surface area contributed by atoms with Crippen molar-refractivity contribution in [2.45, 2.75) is 26.7 Å². The van der Waals surface area contributed by atoms with Crippen LogP contribution in [-0.2, 0) is 19.6 Å². The van der Waals surface area contributed by atoms with Crippen molar-refractivity contribution in [3.8, 4) is 22.5 Å². The highest BCUT2D eigenvalue weighted by atomic mass is 32.2. The van der Waals surface area contributed by atoms with E-state index in [1.165, 1.54) is 4.31 Å². The molecule has 0 aliphatic rings. The van der Waals surface area contributed by atoms with Gasteiger partial charge in [-0.15, -0.1) is 0 Å². The molecule has 0 radical (unpaired) electrons. The van der Waals surface area contributed by atoms with Gasteiger partial charge in [0.1, 0.15) is 11.3 Å². The van der Waals surface area contributed by atoms with Crippen molar-refractivity contribution in [2.24, 2.45) is 0 Å². The molecule has 0 aliphatic carbocycles. The van der Waals surface area contributed by atoms with Crippen molar-refractivity contribution in [3.63, 3.8) is 0 Å². The largest absolute Gasteiger partial charge is 0.466 e. The number of amides is 1. The molecule has 9 heteroatoms. The van der Waals surface area contributed by atoms with Crippen molar-refractivity contribution >= 4 is 38.6 Å². The van der Waals surface area contributed by atoms with Crippen molar-refractivity contribution < 1.29 is 27.2 Å². The van der Waals surface area contributed by atoms with E-state index < -0.39 is 10.0 Å². The van der Waals surface area contributed by atoms with Gasteiger partial charge in [0.15, 0.2) is 0 Å². The molecular weight excluding hydrogens is 516 g/mol. The Kier molecular flexibility index (Phi) is 8.40. The molecule has 1 N–H and O–H groups in total. The van der Waals surface area contributed by atoms with Crippen LogP contribution in [0.3, 0.4) is 0 Å². The van der Waals surface area contributed by atoms with Crippen LogP contribution in [0.5, 0.6) is 0 Å². The number of carbonyl (C=O) groups excluding carboxylic acids is 2. The van der Waals surface area contributed by atoms with Gasteiger partial charge in [-0.1, -0.05) is 60.2 Å². The van der Waals surface area contributed by atoms with Crippen molar-refractivity contribution in [2.75, 3.05) is 30.8 Å². The topological polar surface area (TPSA) is 106 Å². The van der Waals surface area contributed by atoms with E-state index in [-0.39, 0.29) is 37.9 Å². The van der Waals surface area contributed by atoms with Crippen LogP contribution < -0.4 is 9.62 Å². The molecule has 0 unspecified atom stereocenters. The molecule has 8 nitrogen and oxygen atoms in total. The van der Waals surface area contributed by atoms with Gasteiger partial charge in [-0.2, -0.15) is 0 Å². The Morgan fingerprint density at radius 3 is 2.31 bits per heavy atom. The molecule has 0 aliphatic heterocycles. The number of benzene rings is 3. The number of hydrogen-bond acceptors (Lipinski definition) is 6. The number of nitrogens with zero attached hydrogens (tertiary/aromatic N) is 1. The van der Waals surface area contributed by atoms with Crippen LogP contribution in [0.25, 0.3) is 33.4 Å². The highest BCUT2D eigenvalue weighted by Crippen LogP contribution is 2.41. The minimum Gasteiger partial charge on any atom is -0.466 e. The van der Waals surface area contributed by atoms with Crippen LogP contribution in [0, 0.1) is 6.92 Å². The fourth-order valence-corrected chi connectivity index (χ4v) is 5.48. The number of esters is 1. The average Bonchev–Trinajstić information content (AvgIpc) is 3.28. The lowest BCUT2D eigenvalue weighted by atomic mass is 9.98.